The summed E-state index contributed by atoms with van der Waals surface area (Å²) in [6.45, 7) is 5.15. The molecular formula is C15H20NO+. The van der Waals surface area contributed by atoms with Gasteiger partial charge in [-0.15, -0.1) is 0 Å². The fourth-order valence-electron chi connectivity index (χ4n) is 1.98. The van der Waals surface area contributed by atoms with Crippen LogP contribution in [0.15, 0.2) is 46.9 Å². The summed E-state index contributed by atoms with van der Waals surface area (Å²) in [6, 6.07) is 15.3. The highest BCUT2D eigenvalue weighted by Crippen LogP contribution is 2.04. The predicted molar refractivity (Wildman–Crippen MR) is 68.7 cm³/mol. The van der Waals surface area contributed by atoms with Gasteiger partial charge in [0.1, 0.15) is 12.3 Å². The molecule has 2 N–H and O–H groups in total. The summed E-state index contributed by atoms with van der Waals surface area (Å²) < 4.78 is 5.55. The van der Waals surface area contributed by atoms with E-state index in [0.29, 0.717) is 6.04 Å². The summed E-state index contributed by atoms with van der Waals surface area (Å²) in [5, 5.41) is 2.32. The van der Waals surface area contributed by atoms with Crippen LogP contribution in [0.3, 0.4) is 0 Å². The zero-order valence-corrected chi connectivity index (χ0v) is 10.5. The Kier molecular flexibility index (Phi) is 3.99. The first-order valence-electron chi connectivity index (χ1n) is 6.16. The first kappa shape index (κ1) is 11.9. The van der Waals surface area contributed by atoms with Gasteiger partial charge in [-0.3, -0.25) is 0 Å². The molecule has 0 amide bonds. The topological polar surface area (TPSA) is 29.8 Å². The van der Waals surface area contributed by atoms with E-state index in [4.69, 9.17) is 4.42 Å². The highest BCUT2D eigenvalue weighted by molar-refractivity contribution is 5.15. The Bertz CT molecular complexity index is 447. The third-order valence-electron chi connectivity index (χ3n) is 2.92. The average Bonchev–Trinajstić information content (AvgIpc) is 2.74. The summed E-state index contributed by atoms with van der Waals surface area (Å²) in [6.07, 6.45) is 1.10. The Labute approximate surface area is 103 Å². The number of furan rings is 1. The second-order valence-electron chi connectivity index (χ2n) is 4.62. The van der Waals surface area contributed by atoms with E-state index >= 15 is 0 Å². The molecule has 1 heterocycles. The van der Waals surface area contributed by atoms with E-state index in [2.05, 4.69) is 48.6 Å². The van der Waals surface area contributed by atoms with Gasteiger partial charge in [0, 0.05) is 6.42 Å². The van der Waals surface area contributed by atoms with Gasteiger partial charge in [0.05, 0.1) is 6.04 Å². The van der Waals surface area contributed by atoms with Gasteiger partial charge in [-0.25, -0.2) is 0 Å². The fraction of sp³-hybridized carbons (Fsp3) is 0.333. The summed E-state index contributed by atoms with van der Waals surface area (Å²) in [5.41, 5.74) is 1.40. The first-order valence-corrected chi connectivity index (χ1v) is 6.16. The zero-order valence-electron chi connectivity index (χ0n) is 10.5. The minimum absolute atomic E-state index is 0.572. The van der Waals surface area contributed by atoms with Gasteiger partial charge in [0.15, 0.2) is 5.76 Å². The molecule has 2 heteroatoms. The SMILES string of the molecule is Cc1ccc(C[NH2+][C@H](C)Cc2ccccc2)o1. The van der Waals surface area contributed by atoms with E-state index in [9.17, 15) is 0 Å². The molecule has 0 saturated carbocycles. The molecule has 0 saturated heterocycles. The summed E-state index contributed by atoms with van der Waals surface area (Å²) in [4.78, 5) is 0. The van der Waals surface area contributed by atoms with Crippen LogP contribution in [0.5, 0.6) is 0 Å². The average molecular weight is 230 g/mol. The smallest absolute Gasteiger partial charge is 0.158 e. The molecule has 0 aliphatic carbocycles. The Morgan fingerprint density at radius 3 is 2.53 bits per heavy atom. The zero-order chi connectivity index (χ0) is 12.1. The second kappa shape index (κ2) is 5.69. The first-order chi connectivity index (χ1) is 8.24. The van der Waals surface area contributed by atoms with Crippen LogP contribution in [-0.4, -0.2) is 6.04 Å². The Balaban J connectivity index is 1.80. The molecule has 90 valence electrons. The monoisotopic (exact) mass is 230 g/mol. The molecule has 2 rings (SSSR count). The molecule has 0 radical (unpaired) electrons. The molecule has 2 nitrogen and oxygen atoms in total. The number of rotatable bonds is 5. The van der Waals surface area contributed by atoms with Crippen LogP contribution in [0.2, 0.25) is 0 Å². The molecule has 0 spiro atoms. The van der Waals surface area contributed by atoms with E-state index in [1.807, 2.05) is 13.0 Å². The number of quaternary nitrogens is 1. The van der Waals surface area contributed by atoms with E-state index < -0.39 is 0 Å². The van der Waals surface area contributed by atoms with Crippen molar-refractivity contribution in [1.82, 2.24) is 0 Å². The van der Waals surface area contributed by atoms with E-state index in [-0.39, 0.29) is 0 Å². The Morgan fingerprint density at radius 1 is 1.12 bits per heavy atom. The lowest BCUT2D eigenvalue weighted by atomic mass is 10.1. The summed E-state index contributed by atoms with van der Waals surface area (Å²) in [5.74, 6) is 2.05. The standard InChI is InChI=1S/C15H19NO/c1-12(10-14-6-4-3-5-7-14)16-11-15-9-8-13(2)17-15/h3-9,12,16H,10-11H2,1-2H3/p+1/t12-/m1/s1. The van der Waals surface area contributed by atoms with Crippen molar-refractivity contribution in [3.63, 3.8) is 0 Å². The van der Waals surface area contributed by atoms with Gasteiger partial charge in [0.25, 0.3) is 0 Å². The van der Waals surface area contributed by atoms with Gasteiger partial charge < -0.3 is 9.73 Å². The van der Waals surface area contributed by atoms with Crippen LogP contribution in [0.25, 0.3) is 0 Å². The highest BCUT2D eigenvalue weighted by atomic mass is 16.3. The van der Waals surface area contributed by atoms with Crippen molar-refractivity contribution in [3.8, 4) is 0 Å². The number of nitrogens with two attached hydrogens (primary N) is 1. The predicted octanol–water partition coefficient (Wildman–Crippen LogP) is 2.28. The fourth-order valence-corrected chi connectivity index (χ4v) is 1.98. The van der Waals surface area contributed by atoms with E-state index in [0.717, 1.165) is 24.5 Å². The van der Waals surface area contributed by atoms with Crippen LogP contribution >= 0.6 is 0 Å². The summed E-state index contributed by atoms with van der Waals surface area (Å²) >= 11 is 0. The lowest BCUT2D eigenvalue weighted by Crippen LogP contribution is -2.88. The van der Waals surface area contributed by atoms with Gasteiger partial charge in [-0.2, -0.15) is 0 Å². The van der Waals surface area contributed by atoms with Crippen molar-refractivity contribution in [2.75, 3.05) is 0 Å². The van der Waals surface area contributed by atoms with Gasteiger partial charge in [-0.1, -0.05) is 30.3 Å². The Morgan fingerprint density at radius 2 is 1.88 bits per heavy atom. The third kappa shape index (κ3) is 3.75. The van der Waals surface area contributed by atoms with Crippen LogP contribution in [-0.2, 0) is 13.0 Å². The van der Waals surface area contributed by atoms with Crippen LogP contribution in [0, 0.1) is 6.92 Å². The highest BCUT2D eigenvalue weighted by Gasteiger charge is 2.08. The normalized spacial score (nSPS) is 12.6. The third-order valence-corrected chi connectivity index (χ3v) is 2.92. The van der Waals surface area contributed by atoms with E-state index in [1.54, 1.807) is 0 Å². The second-order valence-corrected chi connectivity index (χ2v) is 4.62. The van der Waals surface area contributed by atoms with Crippen LogP contribution in [0.1, 0.15) is 24.0 Å². The molecule has 2 aromatic rings. The lowest BCUT2D eigenvalue weighted by molar-refractivity contribution is -0.702. The van der Waals surface area contributed by atoms with Crippen molar-refractivity contribution in [1.29, 1.82) is 0 Å². The maximum atomic E-state index is 5.55. The molecule has 17 heavy (non-hydrogen) atoms. The number of benzene rings is 1. The molecule has 1 aromatic carbocycles. The minimum Gasteiger partial charge on any atom is -0.460 e. The van der Waals surface area contributed by atoms with Crippen molar-refractivity contribution in [3.05, 3.63) is 59.5 Å². The van der Waals surface area contributed by atoms with Crippen molar-refractivity contribution in [2.24, 2.45) is 0 Å². The number of hydrogen-bond donors (Lipinski definition) is 1. The van der Waals surface area contributed by atoms with Crippen molar-refractivity contribution < 1.29 is 9.73 Å². The summed E-state index contributed by atoms with van der Waals surface area (Å²) in [7, 11) is 0. The molecule has 0 aliphatic rings. The van der Waals surface area contributed by atoms with Gasteiger partial charge >= 0.3 is 0 Å². The maximum Gasteiger partial charge on any atom is 0.158 e. The molecule has 0 aliphatic heterocycles. The quantitative estimate of drug-likeness (QED) is 0.839. The number of aryl methyl sites for hydroxylation is 1. The van der Waals surface area contributed by atoms with Crippen molar-refractivity contribution in [2.45, 2.75) is 32.9 Å². The maximum absolute atomic E-state index is 5.55. The molecule has 1 atom stereocenters. The Hall–Kier alpha value is -1.54. The minimum atomic E-state index is 0.572. The van der Waals surface area contributed by atoms with Crippen molar-refractivity contribution >= 4 is 0 Å². The lowest BCUT2D eigenvalue weighted by Gasteiger charge is -2.09. The largest absolute Gasteiger partial charge is 0.460 e. The van der Waals surface area contributed by atoms with Crippen LogP contribution in [0.4, 0.5) is 0 Å². The molecule has 0 fully saturated rings. The van der Waals surface area contributed by atoms with Crippen LogP contribution < -0.4 is 5.32 Å². The van der Waals surface area contributed by atoms with Gasteiger partial charge in [-0.05, 0) is 31.5 Å². The molecular weight excluding hydrogens is 210 g/mol. The molecule has 1 aromatic heterocycles. The molecule has 0 unspecified atom stereocenters. The molecule has 0 bridgehead atoms. The number of hydrogen-bond acceptors (Lipinski definition) is 1. The van der Waals surface area contributed by atoms with E-state index in [1.165, 1.54) is 5.56 Å². The van der Waals surface area contributed by atoms with Gasteiger partial charge in [0.2, 0.25) is 0 Å².